The van der Waals surface area contributed by atoms with Crippen LogP contribution in [0.25, 0.3) is 12.2 Å². The van der Waals surface area contributed by atoms with Gasteiger partial charge in [0, 0.05) is 12.4 Å². The summed E-state index contributed by atoms with van der Waals surface area (Å²) in [6.45, 7) is 0. The van der Waals surface area contributed by atoms with Crippen LogP contribution in [0, 0.1) is 0 Å². The number of hydrogen-bond acceptors (Lipinski definition) is 3. The quantitative estimate of drug-likeness (QED) is 0.823. The second-order valence-corrected chi connectivity index (χ2v) is 3.73. The van der Waals surface area contributed by atoms with E-state index in [9.17, 15) is 0 Å². The minimum atomic E-state index is 0.728. The van der Waals surface area contributed by atoms with Gasteiger partial charge in [-0.1, -0.05) is 24.3 Å². The van der Waals surface area contributed by atoms with Crippen molar-refractivity contribution in [1.29, 1.82) is 0 Å². The zero-order chi connectivity index (χ0) is 12.8. The van der Waals surface area contributed by atoms with Gasteiger partial charge in [0.25, 0.3) is 0 Å². The van der Waals surface area contributed by atoms with E-state index in [1.54, 1.807) is 20.4 Å². The van der Waals surface area contributed by atoms with Crippen LogP contribution in [0.15, 0.2) is 42.7 Å². The Labute approximate surface area is 107 Å². The maximum absolute atomic E-state index is 5.26. The first kappa shape index (κ1) is 12.2. The number of benzene rings is 1. The highest BCUT2D eigenvalue weighted by Crippen LogP contribution is 2.28. The fourth-order valence-corrected chi connectivity index (χ4v) is 1.62. The maximum atomic E-state index is 5.26. The first-order valence-corrected chi connectivity index (χ1v) is 5.63. The Bertz CT molecular complexity index is 535. The van der Waals surface area contributed by atoms with Crippen LogP contribution in [0.4, 0.5) is 0 Å². The number of hydrogen-bond donors (Lipinski definition) is 0. The van der Waals surface area contributed by atoms with Crippen LogP contribution in [0.3, 0.4) is 0 Å². The predicted molar refractivity (Wildman–Crippen MR) is 72.7 cm³/mol. The number of methoxy groups -OCH3 is 2. The van der Waals surface area contributed by atoms with Crippen LogP contribution in [-0.4, -0.2) is 19.2 Å². The van der Waals surface area contributed by atoms with Gasteiger partial charge in [-0.15, -0.1) is 0 Å². The molecular formula is C15H15NO2. The third-order valence-electron chi connectivity index (χ3n) is 2.56. The third-order valence-corrected chi connectivity index (χ3v) is 2.56. The Morgan fingerprint density at radius 3 is 2.39 bits per heavy atom. The molecule has 0 aliphatic carbocycles. The monoisotopic (exact) mass is 241 g/mol. The standard InChI is InChI=1S/C15H15NO2/c1-17-14-8-7-12(10-15(14)18-2)5-6-13-4-3-9-16-11-13/h3-11H,1-2H3/b6-5+. The van der Waals surface area contributed by atoms with Crippen molar-refractivity contribution in [2.24, 2.45) is 0 Å². The zero-order valence-electron chi connectivity index (χ0n) is 10.5. The Morgan fingerprint density at radius 1 is 0.944 bits per heavy atom. The van der Waals surface area contributed by atoms with Gasteiger partial charge < -0.3 is 9.47 Å². The molecule has 1 aromatic heterocycles. The molecule has 0 aliphatic heterocycles. The first-order chi connectivity index (χ1) is 8.83. The predicted octanol–water partition coefficient (Wildman–Crippen LogP) is 3.27. The van der Waals surface area contributed by atoms with Gasteiger partial charge in [0.05, 0.1) is 14.2 Å². The van der Waals surface area contributed by atoms with Crippen LogP contribution < -0.4 is 9.47 Å². The number of ether oxygens (including phenoxy) is 2. The van der Waals surface area contributed by atoms with Crippen molar-refractivity contribution in [3.63, 3.8) is 0 Å². The molecule has 18 heavy (non-hydrogen) atoms. The van der Waals surface area contributed by atoms with E-state index in [0.717, 1.165) is 22.6 Å². The maximum Gasteiger partial charge on any atom is 0.161 e. The van der Waals surface area contributed by atoms with E-state index in [4.69, 9.17) is 9.47 Å². The molecule has 0 atom stereocenters. The molecule has 0 fully saturated rings. The van der Waals surface area contributed by atoms with Crippen LogP contribution in [-0.2, 0) is 0 Å². The average molecular weight is 241 g/mol. The molecular weight excluding hydrogens is 226 g/mol. The van der Waals surface area contributed by atoms with Crippen molar-refractivity contribution in [3.8, 4) is 11.5 Å². The van der Waals surface area contributed by atoms with Gasteiger partial charge >= 0.3 is 0 Å². The molecule has 0 N–H and O–H groups in total. The van der Waals surface area contributed by atoms with Crippen molar-refractivity contribution in [3.05, 3.63) is 53.9 Å². The van der Waals surface area contributed by atoms with Crippen molar-refractivity contribution >= 4 is 12.2 Å². The fourth-order valence-electron chi connectivity index (χ4n) is 1.62. The summed E-state index contributed by atoms with van der Waals surface area (Å²) in [5, 5.41) is 0. The summed E-state index contributed by atoms with van der Waals surface area (Å²) in [6, 6.07) is 9.72. The van der Waals surface area contributed by atoms with Crippen LogP contribution in [0.1, 0.15) is 11.1 Å². The lowest BCUT2D eigenvalue weighted by molar-refractivity contribution is 0.355. The summed E-state index contributed by atoms with van der Waals surface area (Å²) >= 11 is 0. The Morgan fingerprint density at radius 2 is 1.72 bits per heavy atom. The van der Waals surface area contributed by atoms with Crippen molar-refractivity contribution in [2.45, 2.75) is 0 Å². The van der Waals surface area contributed by atoms with E-state index in [2.05, 4.69) is 4.98 Å². The topological polar surface area (TPSA) is 31.4 Å². The molecule has 92 valence electrons. The third kappa shape index (κ3) is 2.88. The summed E-state index contributed by atoms with van der Waals surface area (Å²) in [4.78, 5) is 4.06. The largest absolute Gasteiger partial charge is 0.493 e. The van der Waals surface area contributed by atoms with Crippen molar-refractivity contribution in [1.82, 2.24) is 4.98 Å². The Balaban J connectivity index is 2.22. The van der Waals surface area contributed by atoms with Crippen molar-refractivity contribution < 1.29 is 9.47 Å². The number of rotatable bonds is 4. The molecule has 2 aromatic rings. The normalized spacial score (nSPS) is 10.6. The lowest BCUT2D eigenvalue weighted by Gasteiger charge is -2.07. The van der Waals surface area contributed by atoms with Gasteiger partial charge in [-0.25, -0.2) is 0 Å². The summed E-state index contributed by atoms with van der Waals surface area (Å²) in [6.07, 6.45) is 7.60. The van der Waals surface area contributed by atoms with Gasteiger partial charge in [0.1, 0.15) is 0 Å². The average Bonchev–Trinajstić information content (AvgIpc) is 2.45. The number of pyridine rings is 1. The van der Waals surface area contributed by atoms with Crippen LogP contribution in [0.2, 0.25) is 0 Å². The molecule has 0 amide bonds. The molecule has 1 heterocycles. The summed E-state index contributed by atoms with van der Waals surface area (Å²) in [5.74, 6) is 1.46. The number of nitrogens with zero attached hydrogens (tertiary/aromatic N) is 1. The van der Waals surface area contributed by atoms with E-state index in [-0.39, 0.29) is 0 Å². The van der Waals surface area contributed by atoms with E-state index in [1.165, 1.54) is 0 Å². The molecule has 0 aliphatic rings. The Hall–Kier alpha value is -2.29. The summed E-state index contributed by atoms with van der Waals surface area (Å²) < 4.78 is 10.5. The molecule has 3 heteroatoms. The molecule has 0 spiro atoms. The summed E-state index contributed by atoms with van der Waals surface area (Å²) in [5.41, 5.74) is 2.11. The molecule has 2 rings (SSSR count). The van der Waals surface area contributed by atoms with Crippen molar-refractivity contribution in [2.75, 3.05) is 14.2 Å². The zero-order valence-corrected chi connectivity index (χ0v) is 10.5. The van der Waals surface area contributed by atoms with Gasteiger partial charge in [-0.05, 0) is 29.3 Å². The second kappa shape index (κ2) is 5.87. The lowest BCUT2D eigenvalue weighted by Crippen LogP contribution is -1.90. The highest BCUT2D eigenvalue weighted by molar-refractivity contribution is 5.70. The first-order valence-electron chi connectivity index (χ1n) is 5.63. The van der Waals surface area contributed by atoms with E-state index < -0.39 is 0 Å². The molecule has 0 saturated heterocycles. The smallest absolute Gasteiger partial charge is 0.161 e. The SMILES string of the molecule is COc1ccc(/C=C/c2cccnc2)cc1OC. The minimum Gasteiger partial charge on any atom is -0.493 e. The highest BCUT2D eigenvalue weighted by Gasteiger charge is 2.02. The lowest BCUT2D eigenvalue weighted by atomic mass is 10.1. The van der Waals surface area contributed by atoms with Gasteiger partial charge in [-0.2, -0.15) is 0 Å². The minimum absolute atomic E-state index is 0.728. The van der Waals surface area contributed by atoms with Gasteiger partial charge in [0.15, 0.2) is 11.5 Å². The van der Waals surface area contributed by atoms with E-state index in [0.29, 0.717) is 0 Å². The van der Waals surface area contributed by atoms with E-state index >= 15 is 0 Å². The second-order valence-electron chi connectivity index (χ2n) is 3.73. The fraction of sp³-hybridized carbons (Fsp3) is 0.133. The van der Waals surface area contributed by atoms with E-state index in [1.807, 2.05) is 48.7 Å². The van der Waals surface area contributed by atoms with Crippen LogP contribution in [0.5, 0.6) is 11.5 Å². The van der Waals surface area contributed by atoms with Crippen LogP contribution >= 0.6 is 0 Å². The molecule has 3 nitrogen and oxygen atoms in total. The molecule has 1 aromatic carbocycles. The number of aromatic nitrogens is 1. The van der Waals surface area contributed by atoms with Gasteiger partial charge in [0.2, 0.25) is 0 Å². The Kier molecular flexibility index (Phi) is 3.97. The van der Waals surface area contributed by atoms with Gasteiger partial charge in [-0.3, -0.25) is 4.98 Å². The molecule has 0 bridgehead atoms. The molecule has 0 unspecified atom stereocenters. The summed E-state index contributed by atoms with van der Waals surface area (Å²) in [7, 11) is 3.26. The molecule has 0 radical (unpaired) electrons. The molecule has 0 saturated carbocycles. The highest BCUT2D eigenvalue weighted by atomic mass is 16.5.